The summed E-state index contributed by atoms with van der Waals surface area (Å²) in [6, 6.07) is 47.5. The van der Waals surface area contributed by atoms with Crippen LogP contribution in [0.2, 0.25) is 0 Å². The third kappa shape index (κ3) is 4.14. The largest absolute Gasteiger partial charge is 0.457 e. The normalized spacial score (nSPS) is 14.5. The second-order valence-electron chi connectivity index (χ2n) is 13.1. The SMILES string of the molecule is [2H]C([2H])([2H])c1ccc(N2C=CN(c3cccc(Oc4ccc5c6cccc7c8cccc9c%10ccccc%10n(c%10cccnc%10n(c5c4)c67)c98)c3)C2)cc1. The van der Waals surface area contributed by atoms with E-state index in [1.807, 2.05) is 61.1 Å². The van der Waals surface area contributed by atoms with Crippen LogP contribution in [0.5, 0.6) is 11.5 Å². The van der Waals surface area contributed by atoms with Crippen molar-refractivity contribution in [2.75, 3.05) is 16.5 Å². The fourth-order valence-electron chi connectivity index (χ4n) is 8.04. The Morgan fingerprint density at radius 3 is 1.98 bits per heavy atom. The van der Waals surface area contributed by atoms with Crippen molar-refractivity contribution in [2.45, 2.75) is 6.85 Å². The number of rotatable bonds is 4. The van der Waals surface area contributed by atoms with Gasteiger partial charge in [0.2, 0.25) is 0 Å². The van der Waals surface area contributed by atoms with E-state index >= 15 is 0 Å². The van der Waals surface area contributed by atoms with Crippen molar-refractivity contribution >= 4 is 76.9 Å². The van der Waals surface area contributed by atoms with Gasteiger partial charge in [-0.15, -0.1) is 0 Å². The Bertz CT molecular complexity index is 3180. The van der Waals surface area contributed by atoms with Crippen LogP contribution in [-0.2, 0) is 0 Å². The zero-order chi connectivity index (χ0) is 36.1. The second kappa shape index (κ2) is 10.6. The van der Waals surface area contributed by atoms with Crippen molar-refractivity contribution in [1.29, 1.82) is 0 Å². The number of para-hydroxylation sites is 3. The Kier molecular flexibility index (Phi) is 5.24. The van der Waals surface area contributed by atoms with Gasteiger partial charge in [-0.2, -0.15) is 0 Å². The van der Waals surface area contributed by atoms with Crippen molar-refractivity contribution < 1.29 is 8.85 Å². The van der Waals surface area contributed by atoms with Crippen LogP contribution in [0.1, 0.15) is 9.68 Å². The Morgan fingerprint density at radius 2 is 1.18 bits per heavy atom. The van der Waals surface area contributed by atoms with Crippen molar-refractivity contribution in [3.63, 3.8) is 0 Å². The first-order valence-electron chi connectivity index (χ1n) is 18.6. The maximum atomic E-state index is 7.68. The Labute approximate surface area is 297 Å². The van der Waals surface area contributed by atoms with E-state index in [1.165, 1.54) is 21.7 Å². The molecule has 0 fully saturated rings. The number of aromatic nitrogens is 3. The summed E-state index contributed by atoms with van der Waals surface area (Å²) < 4.78 is 34.4. The highest BCUT2D eigenvalue weighted by atomic mass is 16.5. The predicted octanol–water partition coefficient (Wildman–Crippen LogP) is 11.2. The molecule has 242 valence electrons. The van der Waals surface area contributed by atoms with Crippen molar-refractivity contribution in [1.82, 2.24) is 13.8 Å². The van der Waals surface area contributed by atoms with Gasteiger partial charge in [0.1, 0.15) is 11.5 Å². The summed E-state index contributed by atoms with van der Waals surface area (Å²) in [6.45, 7) is -1.54. The number of nitrogens with zero attached hydrogens (tertiary/aromatic N) is 5. The molecule has 0 saturated heterocycles. The minimum Gasteiger partial charge on any atom is -0.457 e. The number of hydrogen-bond donors (Lipinski definition) is 0. The van der Waals surface area contributed by atoms with Crippen molar-refractivity contribution in [2.24, 2.45) is 0 Å². The average molecular weight is 661 g/mol. The van der Waals surface area contributed by atoms with Gasteiger partial charge in [-0.1, -0.05) is 78.4 Å². The van der Waals surface area contributed by atoms with Gasteiger partial charge in [0.15, 0.2) is 5.65 Å². The van der Waals surface area contributed by atoms with Crippen LogP contribution < -0.4 is 14.5 Å². The lowest BCUT2D eigenvalue weighted by molar-refractivity contribution is 0.483. The Hall–Kier alpha value is -6.79. The van der Waals surface area contributed by atoms with E-state index in [9.17, 15) is 0 Å². The van der Waals surface area contributed by atoms with Crippen LogP contribution in [0.4, 0.5) is 11.4 Å². The molecule has 1 aliphatic rings. The van der Waals surface area contributed by atoms with E-state index < -0.39 is 6.85 Å². The molecule has 0 bridgehead atoms. The number of hydrogen-bond acceptors (Lipinski definition) is 4. The zero-order valence-corrected chi connectivity index (χ0v) is 27.4. The highest BCUT2D eigenvalue weighted by molar-refractivity contribution is 6.25. The molecule has 11 rings (SSSR count). The molecule has 4 aromatic heterocycles. The number of ether oxygens (including phenoxy) is 1. The molecule has 5 heterocycles. The summed E-state index contributed by atoms with van der Waals surface area (Å²) in [5.41, 5.74) is 8.58. The smallest absolute Gasteiger partial charge is 0.162 e. The number of pyridine rings is 1. The predicted molar refractivity (Wildman–Crippen MR) is 210 cm³/mol. The maximum Gasteiger partial charge on any atom is 0.162 e. The van der Waals surface area contributed by atoms with Crippen LogP contribution in [0.3, 0.4) is 0 Å². The Balaban J connectivity index is 1.03. The van der Waals surface area contributed by atoms with Crippen LogP contribution in [0, 0.1) is 6.85 Å². The van der Waals surface area contributed by atoms with Gasteiger partial charge in [-0.25, -0.2) is 4.98 Å². The minimum atomic E-state index is -2.12. The monoisotopic (exact) mass is 660 g/mol. The fourth-order valence-corrected chi connectivity index (χ4v) is 8.04. The average Bonchev–Trinajstić information content (AvgIpc) is 3.90. The molecule has 0 aliphatic carbocycles. The summed E-state index contributed by atoms with van der Waals surface area (Å²) in [6.07, 6.45) is 5.90. The first-order chi connectivity index (χ1) is 26.4. The van der Waals surface area contributed by atoms with Gasteiger partial charge in [0.25, 0.3) is 0 Å². The first kappa shape index (κ1) is 25.2. The topological polar surface area (TPSA) is 37.4 Å². The molecule has 0 spiro atoms. The molecular weight excluding hydrogens is 627 g/mol. The summed E-state index contributed by atoms with van der Waals surface area (Å²) in [7, 11) is 0. The molecule has 6 heteroatoms. The third-order valence-electron chi connectivity index (χ3n) is 10.3. The highest BCUT2D eigenvalue weighted by Gasteiger charge is 2.20. The quantitative estimate of drug-likeness (QED) is 0.188. The van der Waals surface area contributed by atoms with Crippen LogP contribution in [0.15, 0.2) is 158 Å². The molecule has 0 unspecified atom stereocenters. The number of fused-ring (bicyclic) bond motifs is 10. The second-order valence-corrected chi connectivity index (χ2v) is 13.1. The van der Waals surface area contributed by atoms with E-state index in [2.05, 4.69) is 104 Å². The van der Waals surface area contributed by atoms with Gasteiger partial charge in [-0.05, 0) is 61.4 Å². The van der Waals surface area contributed by atoms with Gasteiger partial charge < -0.3 is 18.9 Å². The standard InChI is InChI=1S/C45H31N5O/c1-29-17-19-30(20-18-29)47-24-25-48(28-47)31-8-4-9-32(26-31)51-33-21-22-35-37-12-6-14-39-38-13-5-11-36-34-10-2-3-15-40(34)49(43(36)38)41-16-7-23-46-45(41)50(44(37)39)42(35)27-33/h2-27H,28H2,1H3/i1D3. The van der Waals surface area contributed by atoms with E-state index in [1.54, 1.807) is 12.1 Å². The lowest BCUT2D eigenvalue weighted by Crippen LogP contribution is -2.24. The molecule has 1 aliphatic heterocycles. The van der Waals surface area contributed by atoms with Crippen LogP contribution in [-0.4, -0.2) is 20.5 Å². The number of benzene rings is 6. The third-order valence-corrected chi connectivity index (χ3v) is 10.3. The van der Waals surface area contributed by atoms with Crippen LogP contribution in [0.25, 0.3) is 65.5 Å². The lowest BCUT2D eigenvalue weighted by atomic mass is 10.0. The fraction of sp³-hybridized carbons (Fsp3) is 0.0444. The molecule has 6 nitrogen and oxygen atoms in total. The molecule has 0 radical (unpaired) electrons. The molecule has 0 saturated carbocycles. The first-order valence-corrected chi connectivity index (χ1v) is 17.1. The van der Waals surface area contributed by atoms with Gasteiger partial charge in [0, 0.05) is 78.5 Å². The van der Waals surface area contributed by atoms with Gasteiger partial charge >= 0.3 is 0 Å². The van der Waals surface area contributed by atoms with E-state index in [0.29, 0.717) is 12.2 Å². The van der Waals surface area contributed by atoms with E-state index in [0.717, 1.165) is 66.7 Å². The number of anilines is 2. The highest BCUT2D eigenvalue weighted by Crippen LogP contribution is 2.41. The minimum absolute atomic E-state index is 0.333. The maximum absolute atomic E-state index is 7.68. The molecule has 6 aromatic carbocycles. The molecule has 0 amide bonds. The molecule has 0 N–H and O–H groups in total. The molecule has 10 aromatic rings. The molecular formula is C45H31N5O. The summed E-state index contributed by atoms with van der Waals surface area (Å²) in [4.78, 5) is 9.30. The lowest BCUT2D eigenvalue weighted by Gasteiger charge is -2.22. The summed E-state index contributed by atoms with van der Waals surface area (Å²) >= 11 is 0. The number of aryl methyl sites for hydroxylation is 1. The van der Waals surface area contributed by atoms with Crippen LogP contribution >= 0.6 is 0 Å². The van der Waals surface area contributed by atoms with Gasteiger partial charge in [-0.3, -0.25) is 4.40 Å². The Morgan fingerprint density at radius 1 is 0.529 bits per heavy atom. The summed E-state index contributed by atoms with van der Waals surface area (Å²) in [5.74, 6) is 1.45. The van der Waals surface area contributed by atoms with Crippen molar-refractivity contribution in [3.05, 3.63) is 164 Å². The van der Waals surface area contributed by atoms with Gasteiger partial charge in [0.05, 0.1) is 34.3 Å². The van der Waals surface area contributed by atoms with E-state index in [-0.39, 0.29) is 0 Å². The van der Waals surface area contributed by atoms with Crippen molar-refractivity contribution in [3.8, 4) is 11.5 Å². The zero-order valence-electron chi connectivity index (χ0n) is 30.4. The molecule has 0 atom stereocenters. The van der Waals surface area contributed by atoms with E-state index in [4.69, 9.17) is 13.8 Å². The molecule has 51 heavy (non-hydrogen) atoms. The summed E-state index contributed by atoms with van der Waals surface area (Å²) in [5, 5.41) is 7.07.